The number of pyridine rings is 1. The minimum atomic E-state index is -0.233. The van der Waals surface area contributed by atoms with Gasteiger partial charge in [-0.1, -0.05) is 6.07 Å². The summed E-state index contributed by atoms with van der Waals surface area (Å²) in [6.45, 7) is 1.87. The van der Waals surface area contributed by atoms with E-state index in [1.54, 1.807) is 31.5 Å². The van der Waals surface area contributed by atoms with Crippen LogP contribution in [0.4, 0.5) is 5.69 Å². The smallest absolute Gasteiger partial charge is 0.253 e. The summed E-state index contributed by atoms with van der Waals surface area (Å²) in [6.07, 6.45) is 1.69. The van der Waals surface area contributed by atoms with Crippen LogP contribution in [-0.4, -0.2) is 18.0 Å². The van der Waals surface area contributed by atoms with E-state index in [1.165, 1.54) is 0 Å². The van der Waals surface area contributed by atoms with Crippen molar-refractivity contribution in [3.05, 3.63) is 53.9 Å². The summed E-state index contributed by atoms with van der Waals surface area (Å²) >= 11 is 0. The van der Waals surface area contributed by atoms with Gasteiger partial charge in [0.1, 0.15) is 5.75 Å². The highest BCUT2D eigenvalue weighted by Crippen LogP contribution is 2.20. The summed E-state index contributed by atoms with van der Waals surface area (Å²) < 4.78 is 5.06. The third-order valence-electron chi connectivity index (χ3n) is 2.98. The molecule has 0 aliphatic heterocycles. The number of nitrogens with zero attached hydrogens (tertiary/aromatic N) is 1. The maximum Gasteiger partial charge on any atom is 0.253 e. The molecule has 1 amide bonds. The zero-order valence-corrected chi connectivity index (χ0v) is 11.5. The van der Waals surface area contributed by atoms with Gasteiger partial charge in [0.15, 0.2) is 0 Å². The molecule has 0 aliphatic rings. The first kappa shape index (κ1) is 13.9. The zero-order chi connectivity index (χ0) is 14.5. The Bertz CT molecular complexity index is 599. The van der Waals surface area contributed by atoms with Crippen LogP contribution >= 0.6 is 0 Å². The average molecular weight is 271 g/mol. The first-order chi connectivity index (χ1) is 9.61. The van der Waals surface area contributed by atoms with Crippen molar-refractivity contribution in [1.29, 1.82) is 0 Å². The zero-order valence-electron chi connectivity index (χ0n) is 11.5. The maximum absolute atomic E-state index is 12.2. The average Bonchev–Trinajstić information content (AvgIpc) is 2.47. The number of nitrogen functional groups attached to an aromatic ring is 1. The number of nitrogens with one attached hydrogen (secondary N) is 1. The van der Waals surface area contributed by atoms with Crippen molar-refractivity contribution in [2.75, 3.05) is 12.8 Å². The monoisotopic (exact) mass is 271 g/mol. The van der Waals surface area contributed by atoms with E-state index in [0.29, 0.717) is 17.0 Å². The lowest BCUT2D eigenvalue weighted by molar-refractivity contribution is 0.0940. The van der Waals surface area contributed by atoms with Crippen molar-refractivity contribution in [3.8, 4) is 5.75 Å². The minimum absolute atomic E-state index is 0.190. The molecule has 0 spiro atoms. The SMILES string of the molecule is COc1ccc(C(=O)NC(C)c2ccccn2)c(N)c1. The topological polar surface area (TPSA) is 77.2 Å². The summed E-state index contributed by atoms with van der Waals surface area (Å²) in [6, 6.07) is 10.4. The van der Waals surface area contributed by atoms with Crippen LogP contribution in [0.2, 0.25) is 0 Å². The Balaban J connectivity index is 2.12. The largest absolute Gasteiger partial charge is 0.497 e. The number of hydrogen-bond donors (Lipinski definition) is 2. The van der Waals surface area contributed by atoms with Gasteiger partial charge in [-0.15, -0.1) is 0 Å². The van der Waals surface area contributed by atoms with Crippen LogP contribution in [0.15, 0.2) is 42.6 Å². The highest BCUT2D eigenvalue weighted by molar-refractivity contribution is 5.99. The quantitative estimate of drug-likeness (QED) is 0.835. The molecule has 1 aromatic heterocycles. The number of amides is 1. The standard InChI is InChI=1S/C15H17N3O2/c1-10(14-5-3-4-8-17-14)18-15(19)12-7-6-11(20-2)9-13(12)16/h3-10H,16H2,1-2H3,(H,18,19). The number of anilines is 1. The van der Waals surface area contributed by atoms with E-state index in [-0.39, 0.29) is 11.9 Å². The fraction of sp³-hybridized carbons (Fsp3) is 0.200. The molecule has 2 aromatic rings. The van der Waals surface area contributed by atoms with Crippen molar-refractivity contribution in [3.63, 3.8) is 0 Å². The van der Waals surface area contributed by atoms with Gasteiger partial charge in [0.05, 0.1) is 24.4 Å². The normalized spacial score (nSPS) is 11.7. The van der Waals surface area contributed by atoms with Gasteiger partial charge in [-0.2, -0.15) is 0 Å². The summed E-state index contributed by atoms with van der Waals surface area (Å²) in [5.41, 5.74) is 7.46. The van der Waals surface area contributed by atoms with Gasteiger partial charge in [-0.05, 0) is 31.2 Å². The molecule has 2 rings (SSSR count). The van der Waals surface area contributed by atoms with Crippen LogP contribution in [0.1, 0.15) is 29.0 Å². The van der Waals surface area contributed by atoms with Crippen molar-refractivity contribution >= 4 is 11.6 Å². The Morgan fingerprint density at radius 3 is 2.75 bits per heavy atom. The highest BCUT2D eigenvalue weighted by atomic mass is 16.5. The number of ether oxygens (including phenoxy) is 1. The number of carbonyl (C=O) groups is 1. The number of rotatable bonds is 4. The molecule has 1 heterocycles. The molecule has 20 heavy (non-hydrogen) atoms. The van der Waals surface area contributed by atoms with E-state index < -0.39 is 0 Å². The molecule has 0 radical (unpaired) electrons. The van der Waals surface area contributed by atoms with E-state index in [2.05, 4.69) is 10.3 Å². The molecule has 0 fully saturated rings. The van der Waals surface area contributed by atoms with Gasteiger partial charge in [0.2, 0.25) is 0 Å². The van der Waals surface area contributed by atoms with Crippen LogP contribution in [0.5, 0.6) is 5.75 Å². The lowest BCUT2D eigenvalue weighted by Crippen LogP contribution is -2.27. The van der Waals surface area contributed by atoms with E-state index in [9.17, 15) is 4.79 Å². The lowest BCUT2D eigenvalue weighted by atomic mass is 10.1. The molecule has 1 atom stereocenters. The number of nitrogens with two attached hydrogens (primary N) is 1. The van der Waals surface area contributed by atoms with Gasteiger partial charge in [-0.25, -0.2) is 0 Å². The summed E-state index contributed by atoms with van der Waals surface area (Å²) in [5.74, 6) is 0.389. The maximum atomic E-state index is 12.2. The Hall–Kier alpha value is -2.56. The molecule has 3 N–H and O–H groups in total. The second kappa shape index (κ2) is 6.06. The Morgan fingerprint density at radius 2 is 2.15 bits per heavy atom. The van der Waals surface area contributed by atoms with Gasteiger partial charge < -0.3 is 15.8 Å². The number of hydrogen-bond acceptors (Lipinski definition) is 4. The van der Waals surface area contributed by atoms with Crippen LogP contribution < -0.4 is 15.8 Å². The van der Waals surface area contributed by atoms with Crippen molar-refractivity contribution < 1.29 is 9.53 Å². The number of carbonyl (C=O) groups excluding carboxylic acids is 1. The van der Waals surface area contributed by atoms with E-state index in [4.69, 9.17) is 10.5 Å². The lowest BCUT2D eigenvalue weighted by Gasteiger charge is -2.14. The number of benzene rings is 1. The molecule has 0 saturated heterocycles. The van der Waals surface area contributed by atoms with E-state index >= 15 is 0 Å². The van der Waals surface area contributed by atoms with E-state index in [1.807, 2.05) is 25.1 Å². The predicted molar refractivity (Wildman–Crippen MR) is 77.5 cm³/mol. The fourth-order valence-electron chi connectivity index (χ4n) is 1.86. The molecule has 104 valence electrons. The fourth-order valence-corrected chi connectivity index (χ4v) is 1.86. The molecular weight excluding hydrogens is 254 g/mol. The molecule has 0 aliphatic carbocycles. The van der Waals surface area contributed by atoms with Crippen LogP contribution in [0.3, 0.4) is 0 Å². The number of methoxy groups -OCH3 is 1. The molecule has 5 heteroatoms. The van der Waals surface area contributed by atoms with E-state index in [0.717, 1.165) is 5.69 Å². The van der Waals surface area contributed by atoms with Crippen LogP contribution in [0, 0.1) is 0 Å². The summed E-state index contributed by atoms with van der Waals surface area (Å²) in [5, 5.41) is 2.87. The predicted octanol–water partition coefficient (Wildman–Crippen LogP) is 2.16. The molecule has 1 aromatic carbocycles. The highest BCUT2D eigenvalue weighted by Gasteiger charge is 2.14. The third-order valence-corrected chi connectivity index (χ3v) is 2.98. The van der Waals surface area contributed by atoms with Gasteiger partial charge in [0, 0.05) is 18.0 Å². The first-order valence-corrected chi connectivity index (χ1v) is 6.27. The summed E-state index contributed by atoms with van der Waals surface area (Å²) in [7, 11) is 1.55. The van der Waals surface area contributed by atoms with Crippen LogP contribution in [-0.2, 0) is 0 Å². The van der Waals surface area contributed by atoms with Gasteiger partial charge in [-0.3, -0.25) is 9.78 Å². The van der Waals surface area contributed by atoms with Crippen molar-refractivity contribution in [2.45, 2.75) is 13.0 Å². The number of aromatic nitrogens is 1. The van der Waals surface area contributed by atoms with Crippen molar-refractivity contribution in [1.82, 2.24) is 10.3 Å². The second-order valence-corrected chi connectivity index (χ2v) is 4.40. The minimum Gasteiger partial charge on any atom is -0.497 e. The molecular formula is C15H17N3O2. The second-order valence-electron chi connectivity index (χ2n) is 4.40. The third kappa shape index (κ3) is 3.06. The Morgan fingerprint density at radius 1 is 1.35 bits per heavy atom. The first-order valence-electron chi connectivity index (χ1n) is 6.27. The summed E-state index contributed by atoms with van der Waals surface area (Å²) in [4.78, 5) is 16.4. The van der Waals surface area contributed by atoms with Crippen LogP contribution in [0.25, 0.3) is 0 Å². The molecule has 0 bridgehead atoms. The molecule has 5 nitrogen and oxygen atoms in total. The van der Waals surface area contributed by atoms with Crippen molar-refractivity contribution in [2.24, 2.45) is 0 Å². The van der Waals surface area contributed by atoms with Gasteiger partial charge in [0.25, 0.3) is 5.91 Å². The Labute approximate surface area is 117 Å². The molecule has 0 saturated carbocycles. The van der Waals surface area contributed by atoms with Gasteiger partial charge >= 0.3 is 0 Å². The molecule has 1 unspecified atom stereocenters. The Kier molecular flexibility index (Phi) is 4.20.